The van der Waals surface area contributed by atoms with Crippen molar-refractivity contribution in [2.24, 2.45) is 0 Å². The van der Waals surface area contributed by atoms with Gasteiger partial charge in [-0.2, -0.15) is 0 Å². The molecule has 0 saturated carbocycles. The lowest BCUT2D eigenvalue weighted by Crippen LogP contribution is -1.94. The molecule has 0 radical (unpaired) electrons. The number of nitrogens with zero attached hydrogens (tertiary/aromatic N) is 2. The lowest BCUT2D eigenvalue weighted by molar-refractivity contribution is -0.384. The van der Waals surface area contributed by atoms with Crippen LogP contribution in [-0.4, -0.2) is 21.0 Å². The third-order valence-corrected chi connectivity index (χ3v) is 4.81. The van der Waals surface area contributed by atoms with E-state index in [1.807, 2.05) is 0 Å². The summed E-state index contributed by atoms with van der Waals surface area (Å²) >= 11 is 2.48. The second kappa shape index (κ2) is 6.02. The zero-order valence-corrected chi connectivity index (χ0v) is 12.0. The molecule has 0 spiro atoms. The van der Waals surface area contributed by atoms with Crippen molar-refractivity contribution in [3.05, 3.63) is 50.5 Å². The number of rotatable bonds is 5. The summed E-state index contributed by atoms with van der Waals surface area (Å²) in [5.74, 6) is -0.476. The van der Waals surface area contributed by atoms with Crippen molar-refractivity contribution >= 4 is 34.8 Å². The number of aromatic carboxylic acids is 1. The highest BCUT2D eigenvalue weighted by Gasteiger charge is 2.14. The Morgan fingerprint density at radius 1 is 1.55 bits per heavy atom. The summed E-state index contributed by atoms with van der Waals surface area (Å²) in [6.07, 6.45) is 0. The highest BCUT2D eigenvalue weighted by Crippen LogP contribution is 2.30. The minimum atomic E-state index is -0.984. The van der Waals surface area contributed by atoms with Crippen molar-refractivity contribution in [2.75, 3.05) is 0 Å². The van der Waals surface area contributed by atoms with E-state index in [4.69, 9.17) is 5.11 Å². The number of hydrogen-bond donors (Lipinski definition) is 1. The average molecular weight is 310 g/mol. The van der Waals surface area contributed by atoms with Gasteiger partial charge in [-0.05, 0) is 12.5 Å². The Morgan fingerprint density at radius 2 is 2.30 bits per heavy atom. The molecule has 1 heterocycles. The van der Waals surface area contributed by atoms with Gasteiger partial charge in [0.15, 0.2) is 4.34 Å². The van der Waals surface area contributed by atoms with E-state index < -0.39 is 10.9 Å². The monoisotopic (exact) mass is 310 g/mol. The first kappa shape index (κ1) is 14.5. The van der Waals surface area contributed by atoms with Crippen LogP contribution in [0.3, 0.4) is 0 Å². The van der Waals surface area contributed by atoms with Crippen LogP contribution in [0.15, 0.2) is 28.6 Å². The summed E-state index contributed by atoms with van der Waals surface area (Å²) in [6, 6.07) is 6.36. The molecule has 2 aromatic rings. The number of carbonyl (C=O) groups is 1. The van der Waals surface area contributed by atoms with Crippen LogP contribution >= 0.6 is 23.1 Å². The molecule has 1 aromatic heterocycles. The summed E-state index contributed by atoms with van der Waals surface area (Å²) < 4.78 is 0.645. The minimum absolute atomic E-state index is 0.0460. The molecule has 0 atom stereocenters. The average Bonchev–Trinajstić information content (AvgIpc) is 2.78. The van der Waals surface area contributed by atoms with Gasteiger partial charge in [0.2, 0.25) is 0 Å². The number of carboxylic acids is 1. The van der Waals surface area contributed by atoms with E-state index in [1.165, 1.54) is 23.9 Å². The maximum Gasteiger partial charge on any atom is 0.347 e. The van der Waals surface area contributed by atoms with Gasteiger partial charge in [0.05, 0.1) is 10.6 Å². The van der Waals surface area contributed by atoms with E-state index in [0.717, 1.165) is 16.9 Å². The molecule has 0 fully saturated rings. The van der Waals surface area contributed by atoms with Crippen molar-refractivity contribution < 1.29 is 14.8 Å². The molecule has 1 N–H and O–H groups in total. The fourth-order valence-corrected chi connectivity index (χ4v) is 3.51. The van der Waals surface area contributed by atoms with Gasteiger partial charge < -0.3 is 5.11 Å². The zero-order chi connectivity index (χ0) is 14.7. The van der Waals surface area contributed by atoms with E-state index in [9.17, 15) is 14.9 Å². The topological polar surface area (TPSA) is 93.3 Å². The highest BCUT2D eigenvalue weighted by molar-refractivity contribution is 8.00. The molecule has 104 valence electrons. The number of hydrogen-bond acceptors (Lipinski definition) is 6. The van der Waals surface area contributed by atoms with Gasteiger partial charge in [-0.3, -0.25) is 10.1 Å². The predicted molar refractivity (Wildman–Crippen MR) is 76.5 cm³/mol. The molecule has 0 saturated heterocycles. The number of aryl methyl sites for hydroxylation is 1. The van der Waals surface area contributed by atoms with Crippen LogP contribution in [0.25, 0.3) is 0 Å². The molecular formula is C12H10N2O4S2. The maximum atomic E-state index is 10.9. The first-order chi connectivity index (χ1) is 9.47. The fraction of sp³-hybridized carbons (Fsp3) is 0.167. The van der Waals surface area contributed by atoms with E-state index >= 15 is 0 Å². The van der Waals surface area contributed by atoms with Gasteiger partial charge >= 0.3 is 5.97 Å². The number of thiazole rings is 1. The van der Waals surface area contributed by atoms with Crippen molar-refractivity contribution in [3.8, 4) is 0 Å². The van der Waals surface area contributed by atoms with Gasteiger partial charge in [0, 0.05) is 17.9 Å². The summed E-state index contributed by atoms with van der Waals surface area (Å²) in [7, 11) is 0. The predicted octanol–water partition coefficient (Wildman–Crippen LogP) is 3.35. The molecule has 1 aromatic carbocycles. The van der Waals surface area contributed by atoms with Gasteiger partial charge in [-0.15, -0.1) is 11.3 Å². The first-order valence-corrected chi connectivity index (χ1v) is 7.34. The van der Waals surface area contributed by atoms with Crippen LogP contribution < -0.4 is 0 Å². The molecule has 0 aliphatic heterocycles. The number of nitro benzene ring substituents is 1. The minimum Gasteiger partial charge on any atom is -0.477 e. The summed E-state index contributed by atoms with van der Waals surface area (Å²) in [5.41, 5.74) is 1.34. The highest BCUT2D eigenvalue weighted by atomic mass is 32.2. The molecule has 0 amide bonds. The van der Waals surface area contributed by atoms with E-state index in [0.29, 0.717) is 15.8 Å². The van der Waals surface area contributed by atoms with Crippen molar-refractivity contribution in [2.45, 2.75) is 17.0 Å². The first-order valence-electron chi connectivity index (χ1n) is 5.54. The standard InChI is InChI=1S/C12H10N2O4S2/c1-7-10(11(15)16)20-12(13-7)19-6-8-3-2-4-9(5-8)14(17)18/h2-5H,6H2,1H3,(H,15,16). The number of aromatic nitrogens is 1. The van der Waals surface area contributed by atoms with E-state index in [-0.39, 0.29) is 10.6 Å². The Bertz CT molecular complexity index is 669. The van der Waals surface area contributed by atoms with Gasteiger partial charge in [-0.1, -0.05) is 23.9 Å². The molecule has 8 heteroatoms. The Morgan fingerprint density at radius 3 is 2.90 bits per heavy atom. The quantitative estimate of drug-likeness (QED) is 0.517. The number of benzene rings is 1. The lowest BCUT2D eigenvalue weighted by Gasteiger charge is -1.98. The van der Waals surface area contributed by atoms with Crippen LogP contribution in [0.5, 0.6) is 0 Å². The largest absolute Gasteiger partial charge is 0.477 e. The second-order valence-corrected chi connectivity index (χ2v) is 6.14. The van der Waals surface area contributed by atoms with E-state index in [1.54, 1.807) is 19.1 Å². The normalized spacial score (nSPS) is 10.4. The molecular weight excluding hydrogens is 300 g/mol. The van der Waals surface area contributed by atoms with Crippen molar-refractivity contribution in [1.82, 2.24) is 4.98 Å². The molecule has 0 unspecified atom stereocenters. The lowest BCUT2D eigenvalue weighted by atomic mass is 10.2. The van der Waals surface area contributed by atoms with E-state index in [2.05, 4.69) is 4.98 Å². The summed E-state index contributed by atoms with van der Waals surface area (Å²) in [4.78, 5) is 25.5. The molecule has 20 heavy (non-hydrogen) atoms. The molecule has 0 aliphatic rings. The van der Waals surface area contributed by atoms with Crippen molar-refractivity contribution in [1.29, 1.82) is 0 Å². The SMILES string of the molecule is Cc1nc(SCc2cccc([N+](=O)[O-])c2)sc1C(=O)O. The summed E-state index contributed by atoms with van der Waals surface area (Å²) in [5, 5.41) is 19.6. The molecule has 0 aliphatic carbocycles. The van der Waals surface area contributed by atoms with Gasteiger partial charge in [0.25, 0.3) is 5.69 Å². The second-order valence-electron chi connectivity index (χ2n) is 3.92. The van der Waals surface area contributed by atoms with Crippen LogP contribution in [0, 0.1) is 17.0 Å². The summed E-state index contributed by atoms with van der Waals surface area (Å²) in [6.45, 7) is 1.65. The third kappa shape index (κ3) is 3.34. The Labute approximate surface area is 122 Å². The van der Waals surface area contributed by atoms with Crippen LogP contribution in [0.1, 0.15) is 20.9 Å². The van der Waals surface area contributed by atoms with Crippen LogP contribution in [0.2, 0.25) is 0 Å². The van der Waals surface area contributed by atoms with Gasteiger partial charge in [0.1, 0.15) is 4.88 Å². The molecule has 0 bridgehead atoms. The zero-order valence-electron chi connectivity index (χ0n) is 10.4. The maximum absolute atomic E-state index is 10.9. The number of carboxylic acid groups (broad SMARTS) is 1. The third-order valence-electron chi connectivity index (χ3n) is 2.45. The Hall–Kier alpha value is -1.93. The number of non-ortho nitro benzene ring substituents is 1. The molecule has 2 rings (SSSR count). The van der Waals surface area contributed by atoms with Crippen molar-refractivity contribution in [3.63, 3.8) is 0 Å². The number of thioether (sulfide) groups is 1. The number of nitro groups is 1. The van der Waals surface area contributed by atoms with Crippen LogP contribution in [-0.2, 0) is 5.75 Å². The Kier molecular flexibility index (Phi) is 4.35. The smallest absolute Gasteiger partial charge is 0.347 e. The Balaban J connectivity index is 2.09. The van der Waals surface area contributed by atoms with Gasteiger partial charge in [-0.25, -0.2) is 9.78 Å². The fourth-order valence-electron chi connectivity index (χ4n) is 1.54. The molecule has 6 nitrogen and oxygen atoms in total. The van der Waals surface area contributed by atoms with Crippen LogP contribution in [0.4, 0.5) is 5.69 Å².